The number of carbonyl (C=O) groups excluding carboxylic acids is 3. The molecular weight excluding hydrogens is 382 g/mol. The maximum atomic E-state index is 13.1. The number of amides is 3. The summed E-state index contributed by atoms with van der Waals surface area (Å²) >= 11 is 0. The second-order valence-electron chi connectivity index (χ2n) is 8.14. The Morgan fingerprint density at radius 2 is 1.96 bits per heavy atom. The minimum absolute atomic E-state index is 0. The number of rotatable bonds is 1. The molecule has 3 amide bonds. The largest absolute Gasteiger partial charge is 0.492 e. The van der Waals surface area contributed by atoms with Gasteiger partial charge in [-0.1, -0.05) is 6.07 Å². The van der Waals surface area contributed by atoms with Crippen molar-refractivity contribution in [1.29, 1.82) is 0 Å². The molecular formula is C20H24ClN3O4. The number of aryl methyl sites for hydroxylation is 1. The molecule has 0 bridgehead atoms. The molecule has 4 heterocycles. The Labute approximate surface area is 169 Å². The van der Waals surface area contributed by atoms with E-state index >= 15 is 0 Å². The zero-order valence-corrected chi connectivity index (χ0v) is 16.6. The number of halogens is 1. The van der Waals surface area contributed by atoms with Gasteiger partial charge in [0.25, 0.3) is 5.91 Å². The normalized spacial score (nSPS) is 25.1. The van der Waals surface area contributed by atoms with Crippen molar-refractivity contribution in [2.45, 2.75) is 50.6 Å². The van der Waals surface area contributed by atoms with Gasteiger partial charge in [-0.05, 0) is 44.8 Å². The van der Waals surface area contributed by atoms with Crippen LogP contribution in [0.3, 0.4) is 0 Å². The van der Waals surface area contributed by atoms with Gasteiger partial charge >= 0.3 is 0 Å². The third-order valence-electron chi connectivity index (χ3n) is 6.59. The number of benzene rings is 1. The summed E-state index contributed by atoms with van der Waals surface area (Å²) in [6.45, 7) is 4.95. The topological polar surface area (TPSA) is 87.7 Å². The molecule has 1 atom stereocenters. The molecule has 1 aromatic carbocycles. The van der Waals surface area contributed by atoms with E-state index in [0.717, 1.165) is 42.8 Å². The quantitative estimate of drug-likeness (QED) is 0.685. The van der Waals surface area contributed by atoms with Crippen LogP contribution in [0.4, 0.5) is 0 Å². The van der Waals surface area contributed by atoms with Crippen molar-refractivity contribution >= 4 is 30.1 Å². The summed E-state index contributed by atoms with van der Waals surface area (Å²) in [4.78, 5) is 38.5. The van der Waals surface area contributed by atoms with Crippen molar-refractivity contribution in [3.05, 3.63) is 28.3 Å². The summed E-state index contributed by atoms with van der Waals surface area (Å²) in [6.07, 6.45) is 2.70. The Morgan fingerprint density at radius 3 is 2.68 bits per heavy atom. The Kier molecular flexibility index (Phi) is 4.62. The molecule has 2 saturated heterocycles. The fourth-order valence-electron chi connectivity index (χ4n) is 5.10. The van der Waals surface area contributed by atoms with Crippen LogP contribution in [0.25, 0.3) is 0 Å². The third kappa shape index (κ3) is 2.63. The van der Waals surface area contributed by atoms with E-state index in [1.165, 1.54) is 5.56 Å². The number of hydrogen-bond acceptors (Lipinski definition) is 5. The van der Waals surface area contributed by atoms with E-state index in [1.54, 1.807) is 4.90 Å². The Morgan fingerprint density at radius 1 is 1.21 bits per heavy atom. The Balaban J connectivity index is 0.00000192. The molecule has 150 valence electrons. The number of fused-ring (bicyclic) bond motifs is 4. The summed E-state index contributed by atoms with van der Waals surface area (Å²) in [5.41, 5.74) is 3.79. The van der Waals surface area contributed by atoms with E-state index in [-0.39, 0.29) is 42.0 Å². The molecule has 4 aliphatic heterocycles. The first-order valence-corrected chi connectivity index (χ1v) is 9.65. The zero-order valence-electron chi connectivity index (χ0n) is 15.8. The van der Waals surface area contributed by atoms with Gasteiger partial charge in [-0.15, -0.1) is 12.4 Å². The van der Waals surface area contributed by atoms with Crippen LogP contribution in [0.1, 0.15) is 52.7 Å². The van der Waals surface area contributed by atoms with E-state index in [2.05, 4.69) is 16.7 Å². The predicted octanol–water partition coefficient (Wildman–Crippen LogP) is 1.19. The summed E-state index contributed by atoms with van der Waals surface area (Å²) < 4.78 is 6.16. The van der Waals surface area contributed by atoms with Crippen molar-refractivity contribution < 1.29 is 19.1 Å². The van der Waals surface area contributed by atoms with Crippen LogP contribution in [-0.4, -0.2) is 48.4 Å². The van der Waals surface area contributed by atoms with Crippen LogP contribution in [0.2, 0.25) is 0 Å². The van der Waals surface area contributed by atoms with Gasteiger partial charge in [0.05, 0.1) is 18.7 Å². The number of hydrogen-bond donors (Lipinski definition) is 2. The van der Waals surface area contributed by atoms with E-state index < -0.39 is 6.04 Å². The van der Waals surface area contributed by atoms with Crippen molar-refractivity contribution in [3.63, 3.8) is 0 Å². The third-order valence-corrected chi connectivity index (χ3v) is 6.59. The smallest absolute Gasteiger partial charge is 0.255 e. The van der Waals surface area contributed by atoms with Crippen molar-refractivity contribution in [1.82, 2.24) is 15.5 Å². The SMILES string of the molecule is Cc1cc2c(c3c1C(=O)N([C@H]1CCC(=O)NC1=O)C3)OCC21CCNCC1.Cl. The minimum Gasteiger partial charge on any atom is -0.492 e. The van der Waals surface area contributed by atoms with Crippen molar-refractivity contribution in [2.24, 2.45) is 0 Å². The second kappa shape index (κ2) is 6.74. The molecule has 7 nitrogen and oxygen atoms in total. The van der Waals surface area contributed by atoms with E-state index in [1.807, 2.05) is 6.92 Å². The van der Waals surface area contributed by atoms with Gasteiger partial charge in [-0.2, -0.15) is 0 Å². The first kappa shape index (κ1) is 19.2. The van der Waals surface area contributed by atoms with Gasteiger partial charge in [0.15, 0.2) is 0 Å². The molecule has 0 aliphatic carbocycles. The molecule has 0 unspecified atom stereocenters. The van der Waals surface area contributed by atoms with Gasteiger partial charge in [0.1, 0.15) is 11.8 Å². The number of nitrogens with one attached hydrogen (secondary N) is 2. The monoisotopic (exact) mass is 405 g/mol. The number of nitrogens with zero attached hydrogens (tertiary/aromatic N) is 1. The van der Waals surface area contributed by atoms with Crippen LogP contribution in [0.15, 0.2) is 6.07 Å². The van der Waals surface area contributed by atoms with Gasteiger partial charge in [-0.25, -0.2) is 0 Å². The average Bonchev–Trinajstić information content (AvgIpc) is 3.16. The maximum Gasteiger partial charge on any atom is 0.255 e. The van der Waals surface area contributed by atoms with Gasteiger partial charge < -0.3 is 15.0 Å². The first-order chi connectivity index (χ1) is 13.0. The maximum absolute atomic E-state index is 13.1. The lowest BCUT2D eigenvalue weighted by atomic mass is 9.74. The predicted molar refractivity (Wildman–Crippen MR) is 104 cm³/mol. The fourth-order valence-corrected chi connectivity index (χ4v) is 5.10. The van der Waals surface area contributed by atoms with E-state index in [4.69, 9.17) is 4.74 Å². The highest BCUT2D eigenvalue weighted by atomic mass is 35.5. The summed E-state index contributed by atoms with van der Waals surface area (Å²) in [5.74, 6) is 0.0708. The number of carbonyl (C=O) groups is 3. The number of imide groups is 1. The molecule has 0 radical (unpaired) electrons. The zero-order chi connectivity index (χ0) is 18.8. The molecule has 1 aromatic rings. The number of ether oxygens (including phenoxy) is 1. The molecule has 1 spiro atoms. The molecule has 28 heavy (non-hydrogen) atoms. The standard InChI is InChI=1S/C20H23N3O4.ClH/c1-11-8-13-17(27-10-20(13)4-6-21-7-5-20)12-9-23(19(26)16(11)12)14-2-3-15(24)22-18(14)25;/h8,14,21H,2-7,9-10H2,1H3,(H,22,24,25);1H/t14-;/m0./s1. The highest BCUT2D eigenvalue weighted by Gasteiger charge is 2.47. The molecule has 8 heteroatoms. The van der Waals surface area contributed by atoms with Crippen LogP contribution >= 0.6 is 12.4 Å². The minimum atomic E-state index is -0.591. The molecule has 0 saturated carbocycles. The second-order valence-corrected chi connectivity index (χ2v) is 8.14. The van der Waals surface area contributed by atoms with Crippen LogP contribution in [0.5, 0.6) is 5.75 Å². The summed E-state index contributed by atoms with van der Waals surface area (Å²) in [5, 5.41) is 5.77. The molecule has 5 rings (SSSR count). The molecule has 2 N–H and O–H groups in total. The van der Waals surface area contributed by atoms with Crippen LogP contribution < -0.4 is 15.4 Å². The highest BCUT2D eigenvalue weighted by molar-refractivity contribution is 6.06. The van der Waals surface area contributed by atoms with Crippen molar-refractivity contribution in [2.75, 3.05) is 19.7 Å². The summed E-state index contributed by atoms with van der Waals surface area (Å²) in [6, 6.07) is 1.53. The lowest BCUT2D eigenvalue weighted by Gasteiger charge is -2.32. The number of piperidine rings is 2. The highest BCUT2D eigenvalue weighted by Crippen LogP contribution is 2.49. The molecule has 4 aliphatic rings. The lowest BCUT2D eigenvalue weighted by molar-refractivity contribution is -0.136. The molecule has 0 aromatic heterocycles. The van der Waals surface area contributed by atoms with Crippen LogP contribution in [-0.2, 0) is 21.5 Å². The van der Waals surface area contributed by atoms with Gasteiger partial charge in [0.2, 0.25) is 11.8 Å². The van der Waals surface area contributed by atoms with E-state index in [9.17, 15) is 14.4 Å². The lowest BCUT2D eigenvalue weighted by Crippen LogP contribution is -2.52. The van der Waals surface area contributed by atoms with Gasteiger partial charge in [-0.3, -0.25) is 19.7 Å². The van der Waals surface area contributed by atoms with E-state index in [0.29, 0.717) is 25.1 Å². The van der Waals surface area contributed by atoms with Gasteiger partial charge in [0, 0.05) is 23.0 Å². The Hall–Kier alpha value is -2.12. The average molecular weight is 406 g/mol. The van der Waals surface area contributed by atoms with Crippen LogP contribution in [0, 0.1) is 6.92 Å². The summed E-state index contributed by atoms with van der Waals surface area (Å²) in [7, 11) is 0. The Bertz CT molecular complexity index is 879. The fraction of sp³-hybridized carbons (Fsp3) is 0.550. The molecule has 2 fully saturated rings. The first-order valence-electron chi connectivity index (χ1n) is 9.65. The van der Waals surface area contributed by atoms with Crippen molar-refractivity contribution in [3.8, 4) is 5.75 Å².